The summed E-state index contributed by atoms with van der Waals surface area (Å²) in [6.45, 7) is 2.00. The first-order valence-electron chi connectivity index (χ1n) is 7.80. The van der Waals surface area contributed by atoms with E-state index in [-0.39, 0.29) is 17.2 Å². The Kier molecular flexibility index (Phi) is 4.61. The molecule has 6 nitrogen and oxygen atoms in total. The van der Waals surface area contributed by atoms with Gasteiger partial charge in [0.25, 0.3) is 11.6 Å². The Morgan fingerprint density at radius 3 is 2.44 bits per heavy atom. The minimum absolute atomic E-state index is 0.0521. The Morgan fingerprint density at radius 1 is 1.12 bits per heavy atom. The maximum absolute atomic E-state index is 12.2. The Morgan fingerprint density at radius 2 is 1.80 bits per heavy atom. The molecule has 0 bridgehead atoms. The Hall–Kier alpha value is -3.41. The van der Waals surface area contributed by atoms with Crippen molar-refractivity contribution in [2.24, 2.45) is 0 Å². The lowest BCUT2D eigenvalue weighted by molar-refractivity contribution is -0.385. The molecule has 0 unspecified atom stereocenters. The summed E-state index contributed by atoms with van der Waals surface area (Å²) in [7, 11) is 0. The van der Waals surface area contributed by atoms with Gasteiger partial charge in [-0.3, -0.25) is 14.9 Å². The number of hydrogen-bond donors (Lipinski definition) is 1. The number of carbonyl (C=O) groups excluding carboxylic acids is 1. The lowest BCUT2D eigenvalue weighted by atomic mass is 10.1. The fraction of sp³-hybridized carbons (Fsp3) is 0.105. The third-order valence-corrected chi connectivity index (χ3v) is 3.96. The van der Waals surface area contributed by atoms with Crippen LogP contribution in [0.1, 0.15) is 21.5 Å². The molecule has 0 aliphatic rings. The van der Waals surface area contributed by atoms with E-state index < -0.39 is 4.92 Å². The Labute approximate surface area is 144 Å². The third kappa shape index (κ3) is 3.74. The van der Waals surface area contributed by atoms with E-state index in [4.69, 9.17) is 0 Å². The van der Waals surface area contributed by atoms with E-state index in [0.29, 0.717) is 12.1 Å². The lowest BCUT2D eigenvalue weighted by Crippen LogP contribution is -2.22. The molecule has 0 aliphatic carbocycles. The highest BCUT2D eigenvalue weighted by Gasteiger charge is 2.14. The summed E-state index contributed by atoms with van der Waals surface area (Å²) in [5, 5.41) is 13.8. The van der Waals surface area contributed by atoms with Gasteiger partial charge in [0.1, 0.15) is 0 Å². The zero-order chi connectivity index (χ0) is 17.8. The number of nitro groups is 1. The fourth-order valence-electron chi connectivity index (χ4n) is 2.52. The van der Waals surface area contributed by atoms with Crippen molar-refractivity contribution in [2.75, 3.05) is 0 Å². The summed E-state index contributed by atoms with van der Waals surface area (Å²) in [5.41, 5.74) is 2.74. The molecule has 1 amide bonds. The van der Waals surface area contributed by atoms with Crippen molar-refractivity contribution < 1.29 is 9.72 Å². The molecule has 0 atom stereocenters. The topological polar surface area (TPSA) is 77.2 Å². The van der Waals surface area contributed by atoms with Crippen LogP contribution >= 0.6 is 0 Å². The summed E-state index contributed by atoms with van der Waals surface area (Å²) in [5.74, 6) is -0.336. The number of nitro benzene ring substituents is 1. The van der Waals surface area contributed by atoms with Crippen molar-refractivity contribution in [2.45, 2.75) is 13.5 Å². The number of amides is 1. The summed E-state index contributed by atoms with van der Waals surface area (Å²) < 4.78 is 1.99. The van der Waals surface area contributed by atoms with E-state index in [9.17, 15) is 14.9 Å². The highest BCUT2D eigenvalue weighted by atomic mass is 16.6. The van der Waals surface area contributed by atoms with Gasteiger partial charge in [0.15, 0.2) is 0 Å². The van der Waals surface area contributed by atoms with Gasteiger partial charge in [0.05, 0.1) is 4.92 Å². The highest BCUT2D eigenvalue weighted by molar-refractivity contribution is 5.94. The Bertz CT molecular complexity index is 900. The quantitative estimate of drug-likeness (QED) is 0.571. The largest absolute Gasteiger partial charge is 0.348 e. The number of rotatable bonds is 5. The molecule has 126 valence electrons. The van der Waals surface area contributed by atoms with Crippen LogP contribution < -0.4 is 5.32 Å². The molecule has 3 rings (SSSR count). The molecule has 0 radical (unpaired) electrons. The van der Waals surface area contributed by atoms with Crippen LogP contribution in [0.2, 0.25) is 0 Å². The molecular formula is C19H17N3O3. The summed E-state index contributed by atoms with van der Waals surface area (Å²) in [4.78, 5) is 22.7. The zero-order valence-electron chi connectivity index (χ0n) is 13.7. The molecule has 2 aromatic carbocycles. The van der Waals surface area contributed by atoms with Gasteiger partial charge >= 0.3 is 0 Å². The second-order valence-corrected chi connectivity index (χ2v) is 5.70. The number of nitrogens with one attached hydrogen (secondary N) is 1. The van der Waals surface area contributed by atoms with Crippen LogP contribution in [-0.4, -0.2) is 15.4 Å². The van der Waals surface area contributed by atoms with Gasteiger partial charge < -0.3 is 9.88 Å². The summed E-state index contributed by atoms with van der Waals surface area (Å²) >= 11 is 0. The maximum Gasteiger partial charge on any atom is 0.273 e. The molecule has 25 heavy (non-hydrogen) atoms. The van der Waals surface area contributed by atoms with E-state index in [1.165, 1.54) is 6.07 Å². The summed E-state index contributed by atoms with van der Waals surface area (Å²) in [6.07, 6.45) is 3.92. The van der Waals surface area contributed by atoms with Crippen molar-refractivity contribution in [3.63, 3.8) is 0 Å². The van der Waals surface area contributed by atoms with Crippen LogP contribution in [0.25, 0.3) is 5.69 Å². The van der Waals surface area contributed by atoms with E-state index in [1.807, 2.05) is 53.4 Å². The van der Waals surface area contributed by atoms with Crippen molar-refractivity contribution in [1.82, 2.24) is 9.88 Å². The first-order chi connectivity index (χ1) is 12.0. The van der Waals surface area contributed by atoms with Gasteiger partial charge in [0, 0.05) is 41.8 Å². The number of aryl methyl sites for hydroxylation is 1. The van der Waals surface area contributed by atoms with Gasteiger partial charge in [-0.15, -0.1) is 0 Å². The second kappa shape index (κ2) is 7.00. The van der Waals surface area contributed by atoms with E-state index >= 15 is 0 Å². The van der Waals surface area contributed by atoms with Crippen molar-refractivity contribution in [3.8, 4) is 5.69 Å². The van der Waals surface area contributed by atoms with Crippen molar-refractivity contribution in [3.05, 3.63) is 93.8 Å². The molecule has 1 N–H and O–H groups in total. The molecular weight excluding hydrogens is 318 g/mol. The molecule has 0 fully saturated rings. The number of benzene rings is 2. The fourth-order valence-corrected chi connectivity index (χ4v) is 2.52. The van der Waals surface area contributed by atoms with Gasteiger partial charge in [0.2, 0.25) is 0 Å². The first-order valence-corrected chi connectivity index (χ1v) is 7.80. The monoisotopic (exact) mass is 335 g/mol. The third-order valence-electron chi connectivity index (χ3n) is 3.96. The highest BCUT2D eigenvalue weighted by Crippen LogP contribution is 2.19. The van der Waals surface area contributed by atoms with Crippen LogP contribution in [0.4, 0.5) is 5.69 Å². The van der Waals surface area contributed by atoms with Crippen LogP contribution in [0, 0.1) is 17.0 Å². The maximum atomic E-state index is 12.2. The van der Waals surface area contributed by atoms with Gasteiger partial charge in [-0.25, -0.2) is 0 Å². The van der Waals surface area contributed by atoms with Crippen LogP contribution in [0.3, 0.4) is 0 Å². The predicted molar refractivity (Wildman–Crippen MR) is 94.8 cm³/mol. The molecule has 1 aromatic heterocycles. The minimum atomic E-state index is -0.480. The molecule has 0 spiro atoms. The van der Waals surface area contributed by atoms with E-state index in [0.717, 1.165) is 11.3 Å². The lowest BCUT2D eigenvalue weighted by Gasteiger charge is -2.08. The van der Waals surface area contributed by atoms with Crippen molar-refractivity contribution >= 4 is 11.6 Å². The van der Waals surface area contributed by atoms with Crippen molar-refractivity contribution in [1.29, 1.82) is 0 Å². The smallest absolute Gasteiger partial charge is 0.273 e. The SMILES string of the molecule is Cc1ccc(C(=O)NCc2ccc(-n3cccc3)cc2)cc1[N+](=O)[O-]. The van der Waals surface area contributed by atoms with Crippen LogP contribution in [-0.2, 0) is 6.54 Å². The van der Waals surface area contributed by atoms with Gasteiger partial charge in [-0.2, -0.15) is 0 Å². The zero-order valence-corrected chi connectivity index (χ0v) is 13.7. The molecule has 1 heterocycles. The minimum Gasteiger partial charge on any atom is -0.348 e. The number of aromatic nitrogens is 1. The number of carbonyl (C=O) groups is 1. The second-order valence-electron chi connectivity index (χ2n) is 5.70. The molecule has 3 aromatic rings. The number of hydrogen-bond acceptors (Lipinski definition) is 3. The molecule has 0 saturated carbocycles. The predicted octanol–water partition coefficient (Wildman–Crippen LogP) is 3.62. The van der Waals surface area contributed by atoms with Crippen LogP contribution in [0.15, 0.2) is 67.0 Å². The van der Waals surface area contributed by atoms with E-state index in [2.05, 4.69) is 5.32 Å². The van der Waals surface area contributed by atoms with Gasteiger partial charge in [-0.05, 0) is 42.8 Å². The normalized spacial score (nSPS) is 10.4. The van der Waals surface area contributed by atoms with E-state index in [1.54, 1.807) is 19.1 Å². The molecule has 0 aliphatic heterocycles. The van der Waals surface area contributed by atoms with Crippen LogP contribution in [0.5, 0.6) is 0 Å². The Balaban J connectivity index is 1.66. The standard InChI is InChI=1S/C19H17N3O3/c1-14-4-7-16(12-18(14)22(24)25)19(23)20-13-15-5-8-17(9-6-15)21-10-2-3-11-21/h2-12H,13H2,1H3,(H,20,23). The first kappa shape index (κ1) is 16.4. The number of nitrogens with zero attached hydrogens (tertiary/aromatic N) is 2. The average Bonchev–Trinajstić information content (AvgIpc) is 3.15. The van der Waals surface area contributed by atoms with Gasteiger partial charge in [-0.1, -0.05) is 18.2 Å². The summed E-state index contributed by atoms with van der Waals surface area (Å²) in [6, 6.07) is 16.2. The average molecular weight is 335 g/mol. The molecule has 6 heteroatoms. The molecule has 0 saturated heterocycles.